The molecule has 0 amide bonds. The van der Waals surface area contributed by atoms with Crippen LogP contribution in [0.3, 0.4) is 0 Å². The molecule has 25 heavy (non-hydrogen) atoms. The van der Waals surface area contributed by atoms with Crippen molar-refractivity contribution in [2.24, 2.45) is 0 Å². The number of oxazole rings is 1. The van der Waals surface area contributed by atoms with Gasteiger partial charge in [0.15, 0.2) is 17.3 Å². The number of carbonyl (C=O) groups excluding carboxylic acids is 1. The highest BCUT2D eigenvalue weighted by atomic mass is 16.5. The molecule has 4 rings (SSSR count). The summed E-state index contributed by atoms with van der Waals surface area (Å²) in [4.78, 5) is 17.9. The molecule has 128 valence electrons. The third kappa shape index (κ3) is 2.86. The number of anilines is 1. The molecular formula is C17H17N5O3. The van der Waals surface area contributed by atoms with Crippen LogP contribution in [0.5, 0.6) is 0 Å². The van der Waals surface area contributed by atoms with Gasteiger partial charge in [-0.05, 0) is 6.92 Å². The number of hydrogen-bond donors (Lipinski definition) is 0. The van der Waals surface area contributed by atoms with Crippen molar-refractivity contribution in [2.45, 2.75) is 20.0 Å². The minimum absolute atomic E-state index is 0.175. The summed E-state index contributed by atoms with van der Waals surface area (Å²) in [6.45, 7) is 3.97. The molecule has 3 aromatic rings. The van der Waals surface area contributed by atoms with Crippen LogP contribution in [0.25, 0.3) is 11.4 Å². The molecule has 0 fully saturated rings. The average molecular weight is 339 g/mol. The van der Waals surface area contributed by atoms with Gasteiger partial charge in [0.05, 0.1) is 13.2 Å². The van der Waals surface area contributed by atoms with E-state index < -0.39 is 5.97 Å². The standard InChI is InChI=1S/C17H17N5O3/c1-2-24-16(23)13-11-25-17(18-13)21-8-9-22-14(10-21)19-20-15(22)12-6-4-3-5-7-12/h3-7,11H,2,8-10H2,1H3. The van der Waals surface area contributed by atoms with Gasteiger partial charge in [-0.25, -0.2) is 4.79 Å². The van der Waals surface area contributed by atoms with E-state index in [1.807, 2.05) is 35.2 Å². The van der Waals surface area contributed by atoms with E-state index in [2.05, 4.69) is 19.7 Å². The van der Waals surface area contributed by atoms with Crippen LogP contribution in [0.1, 0.15) is 23.2 Å². The Hall–Kier alpha value is -3.16. The molecule has 8 nitrogen and oxygen atoms in total. The minimum Gasteiger partial charge on any atom is -0.461 e. The molecule has 0 unspecified atom stereocenters. The molecule has 1 aromatic carbocycles. The molecule has 0 bridgehead atoms. The van der Waals surface area contributed by atoms with E-state index >= 15 is 0 Å². The summed E-state index contributed by atoms with van der Waals surface area (Å²) < 4.78 is 12.5. The van der Waals surface area contributed by atoms with Gasteiger partial charge in [-0.1, -0.05) is 30.3 Å². The first-order valence-electron chi connectivity index (χ1n) is 8.11. The lowest BCUT2D eigenvalue weighted by molar-refractivity contribution is 0.0519. The van der Waals surface area contributed by atoms with Gasteiger partial charge in [0, 0.05) is 18.7 Å². The maximum Gasteiger partial charge on any atom is 0.360 e. The van der Waals surface area contributed by atoms with Gasteiger partial charge >= 0.3 is 5.97 Å². The van der Waals surface area contributed by atoms with Gasteiger partial charge in [-0.15, -0.1) is 10.2 Å². The van der Waals surface area contributed by atoms with E-state index in [0.717, 1.165) is 17.2 Å². The number of benzene rings is 1. The second-order valence-corrected chi connectivity index (χ2v) is 5.61. The average Bonchev–Trinajstić information content (AvgIpc) is 3.29. The molecule has 1 aliphatic heterocycles. The first-order valence-corrected chi connectivity index (χ1v) is 8.11. The van der Waals surface area contributed by atoms with Crippen LogP contribution in [-0.4, -0.2) is 38.9 Å². The van der Waals surface area contributed by atoms with Crippen molar-refractivity contribution in [3.63, 3.8) is 0 Å². The SMILES string of the molecule is CCOC(=O)c1coc(N2CCn3c(nnc3-c3ccccc3)C2)n1. The van der Waals surface area contributed by atoms with Gasteiger partial charge in [-0.3, -0.25) is 0 Å². The highest BCUT2D eigenvalue weighted by Crippen LogP contribution is 2.24. The number of hydrogen-bond acceptors (Lipinski definition) is 7. The zero-order valence-electron chi connectivity index (χ0n) is 13.8. The van der Waals surface area contributed by atoms with Crippen LogP contribution in [0.4, 0.5) is 6.01 Å². The maximum absolute atomic E-state index is 11.7. The van der Waals surface area contributed by atoms with Gasteiger partial charge < -0.3 is 18.6 Å². The van der Waals surface area contributed by atoms with Crippen LogP contribution in [-0.2, 0) is 17.8 Å². The van der Waals surface area contributed by atoms with Gasteiger partial charge in [0.2, 0.25) is 0 Å². The summed E-state index contributed by atoms with van der Waals surface area (Å²) in [6, 6.07) is 10.4. The van der Waals surface area contributed by atoms with E-state index in [1.54, 1.807) is 6.92 Å². The van der Waals surface area contributed by atoms with Gasteiger partial charge in [-0.2, -0.15) is 4.98 Å². The van der Waals surface area contributed by atoms with Crippen LogP contribution in [0.15, 0.2) is 41.0 Å². The molecule has 2 aromatic heterocycles. The predicted molar refractivity (Wildman–Crippen MR) is 89.0 cm³/mol. The fourth-order valence-corrected chi connectivity index (χ4v) is 2.83. The lowest BCUT2D eigenvalue weighted by Crippen LogP contribution is -2.34. The first kappa shape index (κ1) is 15.4. The quantitative estimate of drug-likeness (QED) is 0.673. The van der Waals surface area contributed by atoms with Crippen molar-refractivity contribution in [3.8, 4) is 11.4 Å². The summed E-state index contributed by atoms with van der Waals surface area (Å²) in [5, 5.41) is 8.61. The number of ether oxygens (including phenoxy) is 1. The van der Waals surface area contributed by atoms with Crippen molar-refractivity contribution in [3.05, 3.63) is 48.1 Å². The molecule has 3 heterocycles. The number of nitrogens with zero attached hydrogens (tertiary/aromatic N) is 5. The third-order valence-corrected chi connectivity index (χ3v) is 4.03. The Morgan fingerprint density at radius 1 is 1.24 bits per heavy atom. The number of fused-ring (bicyclic) bond motifs is 1. The zero-order valence-corrected chi connectivity index (χ0v) is 13.8. The molecule has 0 saturated carbocycles. The Morgan fingerprint density at radius 3 is 2.88 bits per heavy atom. The van der Waals surface area contributed by atoms with Crippen molar-refractivity contribution < 1.29 is 13.9 Å². The normalized spacial score (nSPS) is 13.6. The minimum atomic E-state index is -0.482. The highest BCUT2D eigenvalue weighted by molar-refractivity contribution is 5.87. The van der Waals surface area contributed by atoms with Gasteiger partial charge in [0.1, 0.15) is 6.26 Å². The van der Waals surface area contributed by atoms with E-state index in [0.29, 0.717) is 32.3 Å². The molecule has 0 N–H and O–H groups in total. The topological polar surface area (TPSA) is 86.3 Å². The Morgan fingerprint density at radius 2 is 2.08 bits per heavy atom. The van der Waals surface area contributed by atoms with Crippen molar-refractivity contribution in [2.75, 3.05) is 18.1 Å². The first-order chi connectivity index (χ1) is 12.3. The molecule has 0 aliphatic carbocycles. The summed E-state index contributed by atoms with van der Waals surface area (Å²) in [7, 11) is 0. The van der Waals surface area contributed by atoms with E-state index in [4.69, 9.17) is 9.15 Å². The number of esters is 1. The summed E-state index contributed by atoms with van der Waals surface area (Å²) in [5.74, 6) is 1.21. The second kappa shape index (κ2) is 6.39. The number of rotatable bonds is 4. The van der Waals surface area contributed by atoms with Crippen LogP contribution < -0.4 is 4.90 Å². The molecule has 0 saturated heterocycles. The largest absolute Gasteiger partial charge is 0.461 e. The predicted octanol–water partition coefficient (Wildman–Crippen LogP) is 2.13. The number of aromatic nitrogens is 4. The summed E-state index contributed by atoms with van der Waals surface area (Å²) >= 11 is 0. The molecule has 1 aliphatic rings. The molecule has 8 heteroatoms. The highest BCUT2D eigenvalue weighted by Gasteiger charge is 2.25. The van der Waals surface area contributed by atoms with Crippen LogP contribution in [0, 0.1) is 0 Å². The van der Waals surface area contributed by atoms with Crippen LogP contribution in [0.2, 0.25) is 0 Å². The fraction of sp³-hybridized carbons (Fsp3) is 0.294. The zero-order chi connectivity index (χ0) is 17.2. The Balaban J connectivity index is 1.54. The molecule has 0 spiro atoms. The van der Waals surface area contributed by atoms with Crippen molar-refractivity contribution >= 4 is 12.0 Å². The van der Waals surface area contributed by atoms with Crippen molar-refractivity contribution in [1.82, 2.24) is 19.7 Å². The lowest BCUT2D eigenvalue weighted by Gasteiger charge is -2.26. The third-order valence-electron chi connectivity index (χ3n) is 4.03. The van der Waals surface area contributed by atoms with E-state index in [9.17, 15) is 4.79 Å². The monoisotopic (exact) mass is 339 g/mol. The smallest absolute Gasteiger partial charge is 0.360 e. The Kier molecular flexibility index (Phi) is 3.93. The van der Waals surface area contributed by atoms with E-state index in [-0.39, 0.29) is 5.69 Å². The van der Waals surface area contributed by atoms with Crippen LogP contribution >= 0.6 is 0 Å². The Labute approximate surface area is 144 Å². The summed E-state index contributed by atoms with van der Waals surface area (Å²) in [5.41, 5.74) is 1.21. The maximum atomic E-state index is 11.7. The molecule has 0 atom stereocenters. The van der Waals surface area contributed by atoms with Crippen molar-refractivity contribution in [1.29, 1.82) is 0 Å². The molecular weight excluding hydrogens is 322 g/mol. The van der Waals surface area contributed by atoms with Gasteiger partial charge in [0.25, 0.3) is 6.01 Å². The number of carbonyl (C=O) groups is 1. The lowest BCUT2D eigenvalue weighted by atomic mass is 10.2. The summed E-state index contributed by atoms with van der Waals surface area (Å²) in [6.07, 6.45) is 1.32. The van der Waals surface area contributed by atoms with E-state index in [1.165, 1.54) is 6.26 Å². The fourth-order valence-electron chi connectivity index (χ4n) is 2.83. The second-order valence-electron chi connectivity index (χ2n) is 5.61. The Bertz CT molecular complexity index is 887. The molecule has 0 radical (unpaired) electrons.